The van der Waals surface area contributed by atoms with Crippen LogP contribution in [0.5, 0.6) is 0 Å². The van der Waals surface area contributed by atoms with Crippen molar-refractivity contribution in [3.63, 3.8) is 0 Å². The number of pyridine rings is 1. The Balaban J connectivity index is 1.81. The second-order valence-electron chi connectivity index (χ2n) is 6.43. The van der Waals surface area contributed by atoms with Crippen molar-refractivity contribution in [2.45, 2.75) is 0 Å². The summed E-state index contributed by atoms with van der Waals surface area (Å²) in [5, 5.41) is 2.48. The SMILES string of the molecule is CN1C=CN(c2ccc3c4ccncc4n(-c4ccccc4)c3c2)C1. The van der Waals surface area contributed by atoms with Crippen LogP contribution in [0.15, 0.2) is 79.4 Å². The van der Waals surface area contributed by atoms with Crippen LogP contribution in [0.1, 0.15) is 0 Å². The van der Waals surface area contributed by atoms with Crippen LogP contribution >= 0.6 is 0 Å². The van der Waals surface area contributed by atoms with E-state index in [1.807, 2.05) is 18.5 Å². The van der Waals surface area contributed by atoms with Crippen molar-refractivity contribution in [1.82, 2.24) is 14.5 Å². The molecule has 3 heterocycles. The van der Waals surface area contributed by atoms with E-state index in [-0.39, 0.29) is 0 Å². The van der Waals surface area contributed by atoms with Crippen molar-refractivity contribution in [2.24, 2.45) is 0 Å². The lowest BCUT2D eigenvalue weighted by Gasteiger charge is -2.18. The van der Waals surface area contributed by atoms with Gasteiger partial charge in [0.2, 0.25) is 0 Å². The molecule has 0 atom stereocenters. The standard InChI is InChI=1S/C21H18N4/c1-23-11-12-24(15-23)17-7-8-18-19-9-10-22-14-21(19)25(20(18)13-17)16-5-3-2-4-6-16/h2-14H,15H2,1H3. The fourth-order valence-corrected chi connectivity index (χ4v) is 3.59. The van der Waals surface area contributed by atoms with Gasteiger partial charge in [-0.05, 0) is 30.3 Å². The average molecular weight is 326 g/mol. The maximum absolute atomic E-state index is 4.36. The van der Waals surface area contributed by atoms with Crippen LogP contribution in [0.3, 0.4) is 0 Å². The first-order chi connectivity index (χ1) is 12.3. The van der Waals surface area contributed by atoms with Gasteiger partial charge in [-0.3, -0.25) is 4.98 Å². The third-order valence-electron chi connectivity index (χ3n) is 4.78. The Morgan fingerprint density at radius 3 is 2.48 bits per heavy atom. The zero-order valence-corrected chi connectivity index (χ0v) is 14.0. The first-order valence-corrected chi connectivity index (χ1v) is 8.40. The van der Waals surface area contributed by atoms with Crippen molar-refractivity contribution in [3.05, 3.63) is 79.4 Å². The minimum absolute atomic E-state index is 0.874. The monoisotopic (exact) mass is 326 g/mol. The summed E-state index contributed by atoms with van der Waals surface area (Å²) in [6, 6.07) is 19.3. The molecule has 25 heavy (non-hydrogen) atoms. The number of hydrogen-bond acceptors (Lipinski definition) is 3. The van der Waals surface area contributed by atoms with E-state index in [2.05, 4.69) is 87.3 Å². The maximum atomic E-state index is 4.36. The Bertz CT molecular complexity index is 1090. The summed E-state index contributed by atoms with van der Waals surface area (Å²) < 4.78 is 2.30. The predicted molar refractivity (Wildman–Crippen MR) is 103 cm³/mol. The van der Waals surface area contributed by atoms with E-state index in [9.17, 15) is 0 Å². The van der Waals surface area contributed by atoms with Gasteiger partial charge in [-0.25, -0.2) is 0 Å². The van der Waals surface area contributed by atoms with Gasteiger partial charge in [-0.1, -0.05) is 24.3 Å². The van der Waals surface area contributed by atoms with Crippen LogP contribution in [-0.2, 0) is 0 Å². The molecule has 1 aliphatic heterocycles. The number of fused-ring (bicyclic) bond motifs is 3. The zero-order valence-electron chi connectivity index (χ0n) is 14.0. The maximum Gasteiger partial charge on any atom is 0.0938 e. The molecular formula is C21H18N4. The van der Waals surface area contributed by atoms with Crippen LogP contribution in [0.4, 0.5) is 5.69 Å². The Morgan fingerprint density at radius 1 is 0.840 bits per heavy atom. The molecule has 0 aliphatic carbocycles. The third-order valence-corrected chi connectivity index (χ3v) is 4.78. The molecule has 0 fully saturated rings. The summed E-state index contributed by atoms with van der Waals surface area (Å²) in [6.07, 6.45) is 8.04. The fourth-order valence-electron chi connectivity index (χ4n) is 3.59. The second-order valence-corrected chi connectivity index (χ2v) is 6.43. The normalized spacial score (nSPS) is 14.1. The molecule has 0 unspecified atom stereocenters. The van der Waals surface area contributed by atoms with E-state index in [1.165, 1.54) is 22.0 Å². The molecule has 4 aromatic rings. The van der Waals surface area contributed by atoms with Crippen molar-refractivity contribution in [3.8, 4) is 5.69 Å². The number of benzene rings is 2. The highest BCUT2D eigenvalue weighted by Crippen LogP contribution is 2.34. The van der Waals surface area contributed by atoms with E-state index < -0.39 is 0 Å². The van der Waals surface area contributed by atoms with Crippen LogP contribution in [0, 0.1) is 0 Å². The molecular weight excluding hydrogens is 308 g/mol. The highest BCUT2D eigenvalue weighted by atomic mass is 15.3. The summed E-state index contributed by atoms with van der Waals surface area (Å²) in [4.78, 5) is 8.78. The molecule has 0 amide bonds. The van der Waals surface area contributed by atoms with Crippen molar-refractivity contribution in [2.75, 3.05) is 18.6 Å². The van der Waals surface area contributed by atoms with Gasteiger partial charge in [0.05, 0.1) is 23.9 Å². The molecule has 1 aliphatic rings. The van der Waals surface area contributed by atoms with Gasteiger partial charge in [-0.15, -0.1) is 0 Å². The molecule has 0 saturated heterocycles. The molecule has 4 heteroatoms. The van der Waals surface area contributed by atoms with Crippen molar-refractivity contribution < 1.29 is 0 Å². The molecule has 0 bridgehead atoms. The Kier molecular flexibility index (Phi) is 3.04. The molecule has 2 aromatic heterocycles. The first kappa shape index (κ1) is 14.1. The molecule has 0 saturated carbocycles. The van der Waals surface area contributed by atoms with E-state index in [0.29, 0.717) is 0 Å². The van der Waals surface area contributed by atoms with Crippen LogP contribution in [0.25, 0.3) is 27.5 Å². The lowest BCUT2D eigenvalue weighted by atomic mass is 10.1. The lowest BCUT2D eigenvalue weighted by molar-refractivity contribution is 0.496. The van der Waals surface area contributed by atoms with Crippen molar-refractivity contribution >= 4 is 27.5 Å². The molecule has 122 valence electrons. The van der Waals surface area contributed by atoms with E-state index in [4.69, 9.17) is 0 Å². The summed E-state index contributed by atoms with van der Waals surface area (Å²) in [5.74, 6) is 0. The Labute approximate surface area is 146 Å². The highest BCUT2D eigenvalue weighted by Gasteiger charge is 2.16. The number of rotatable bonds is 2. The summed E-state index contributed by atoms with van der Waals surface area (Å²) in [6.45, 7) is 0.874. The average Bonchev–Trinajstić information content (AvgIpc) is 3.23. The van der Waals surface area contributed by atoms with Crippen molar-refractivity contribution in [1.29, 1.82) is 0 Å². The molecule has 4 nitrogen and oxygen atoms in total. The number of aromatic nitrogens is 2. The Morgan fingerprint density at radius 2 is 1.68 bits per heavy atom. The van der Waals surface area contributed by atoms with E-state index >= 15 is 0 Å². The smallest absolute Gasteiger partial charge is 0.0938 e. The third kappa shape index (κ3) is 2.18. The van der Waals surface area contributed by atoms with Gasteiger partial charge in [-0.2, -0.15) is 0 Å². The van der Waals surface area contributed by atoms with Crippen LogP contribution in [-0.4, -0.2) is 28.2 Å². The summed E-state index contributed by atoms with van der Waals surface area (Å²) in [5.41, 5.74) is 4.69. The molecule has 0 radical (unpaired) electrons. The predicted octanol–water partition coefficient (Wildman–Crippen LogP) is 4.36. The summed E-state index contributed by atoms with van der Waals surface area (Å²) >= 11 is 0. The minimum Gasteiger partial charge on any atom is -0.361 e. The number of anilines is 1. The van der Waals surface area contributed by atoms with Gasteiger partial charge in [0.1, 0.15) is 0 Å². The van der Waals surface area contributed by atoms with Gasteiger partial charge in [0.25, 0.3) is 0 Å². The molecule has 0 N–H and O–H groups in total. The number of para-hydroxylation sites is 1. The van der Waals surface area contributed by atoms with Gasteiger partial charge < -0.3 is 14.4 Å². The molecule has 0 spiro atoms. The number of hydrogen-bond donors (Lipinski definition) is 0. The second kappa shape index (κ2) is 5.38. The van der Waals surface area contributed by atoms with Gasteiger partial charge in [0.15, 0.2) is 0 Å². The summed E-state index contributed by atoms with van der Waals surface area (Å²) in [7, 11) is 2.08. The van der Waals surface area contributed by atoms with Crippen LogP contribution in [0.2, 0.25) is 0 Å². The topological polar surface area (TPSA) is 24.3 Å². The largest absolute Gasteiger partial charge is 0.361 e. The van der Waals surface area contributed by atoms with Crippen LogP contribution < -0.4 is 4.90 Å². The highest BCUT2D eigenvalue weighted by molar-refractivity contribution is 6.09. The number of nitrogens with zero attached hydrogens (tertiary/aromatic N) is 4. The molecule has 5 rings (SSSR count). The zero-order chi connectivity index (χ0) is 16.8. The first-order valence-electron chi connectivity index (χ1n) is 8.40. The lowest BCUT2D eigenvalue weighted by Crippen LogP contribution is -2.21. The minimum atomic E-state index is 0.874. The molecule has 2 aromatic carbocycles. The van der Waals surface area contributed by atoms with Gasteiger partial charge in [0, 0.05) is 47.8 Å². The van der Waals surface area contributed by atoms with E-state index in [0.717, 1.165) is 17.9 Å². The quantitative estimate of drug-likeness (QED) is 0.547. The van der Waals surface area contributed by atoms with E-state index in [1.54, 1.807) is 0 Å². The fraction of sp³-hybridized carbons (Fsp3) is 0.0952. The Hall–Kier alpha value is -3.27. The van der Waals surface area contributed by atoms with Gasteiger partial charge >= 0.3 is 0 Å².